The SMILES string of the molecule is CCCn1ncc(OC)c1C(NC)c1ccc(C)cc1F. The van der Waals surface area contributed by atoms with Crippen molar-refractivity contribution in [2.45, 2.75) is 32.9 Å². The summed E-state index contributed by atoms with van der Waals surface area (Å²) in [5.74, 6) is 0.448. The number of nitrogens with zero attached hydrogens (tertiary/aromatic N) is 2. The summed E-state index contributed by atoms with van der Waals surface area (Å²) in [5, 5.41) is 7.52. The van der Waals surface area contributed by atoms with E-state index < -0.39 is 0 Å². The third-order valence-corrected chi connectivity index (χ3v) is 3.53. The van der Waals surface area contributed by atoms with Crippen molar-refractivity contribution in [1.29, 1.82) is 0 Å². The van der Waals surface area contributed by atoms with Gasteiger partial charge in [-0.25, -0.2) is 4.39 Å². The monoisotopic (exact) mass is 291 g/mol. The quantitative estimate of drug-likeness (QED) is 0.889. The molecule has 1 N–H and O–H groups in total. The van der Waals surface area contributed by atoms with Gasteiger partial charge in [-0.05, 0) is 32.0 Å². The second kappa shape index (κ2) is 6.72. The first-order valence-electron chi connectivity index (χ1n) is 7.15. The van der Waals surface area contributed by atoms with Gasteiger partial charge in [-0.3, -0.25) is 4.68 Å². The standard InChI is InChI=1S/C16H22FN3O/c1-5-8-20-16(14(21-4)10-19-20)15(18-3)12-7-6-11(2)9-13(12)17/h6-7,9-10,15,18H,5,8H2,1-4H3. The van der Waals surface area contributed by atoms with Crippen LogP contribution in [0.2, 0.25) is 0 Å². The molecule has 0 amide bonds. The summed E-state index contributed by atoms with van der Waals surface area (Å²) in [6.07, 6.45) is 2.63. The van der Waals surface area contributed by atoms with E-state index in [0.29, 0.717) is 11.3 Å². The van der Waals surface area contributed by atoms with Crippen molar-refractivity contribution in [3.8, 4) is 5.75 Å². The third kappa shape index (κ3) is 3.08. The molecule has 114 valence electrons. The number of hydrogen-bond acceptors (Lipinski definition) is 3. The zero-order valence-corrected chi connectivity index (χ0v) is 13.0. The molecule has 1 unspecified atom stereocenters. The molecule has 0 aliphatic heterocycles. The number of aromatic nitrogens is 2. The van der Waals surface area contributed by atoms with E-state index in [2.05, 4.69) is 17.3 Å². The van der Waals surface area contributed by atoms with Gasteiger partial charge in [0.05, 0.1) is 19.3 Å². The number of halogens is 1. The highest BCUT2D eigenvalue weighted by molar-refractivity contribution is 5.38. The van der Waals surface area contributed by atoms with Crippen molar-refractivity contribution in [3.63, 3.8) is 0 Å². The summed E-state index contributed by atoms with van der Waals surface area (Å²) in [4.78, 5) is 0. The average molecular weight is 291 g/mol. The second-order valence-electron chi connectivity index (χ2n) is 5.07. The number of rotatable bonds is 6. The van der Waals surface area contributed by atoms with Gasteiger partial charge in [-0.2, -0.15) is 5.10 Å². The summed E-state index contributed by atoms with van der Waals surface area (Å²) in [6.45, 7) is 4.73. The smallest absolute Gasteiger partial charge is 0.161 e. The summed E-state index contributed by atoms with van der Waals surface area (Å²) in [7, 11) is 3.42. The van der Waals surface area contributed by atoms with Crippen LogP contribution in [-0.4, -0.2) is 23.9 Å². The minimum absolute atomic E-state index is 0.222. The average Bonchev–Trinajstić information content (AvgIpc) is 2.85. The largest absolute Gasteiger partial charge is 0.493 e. The normalized spacial score (nSPS) is 12.4. The first-order valence-corrected chi connectivity index (χ1v) is 7.15. The highest BCUT2D eigenvalue weighted by Crippen LogP contribution is 2.31. The predicted octanol–water partition coefficient (Wildman–Crippen LogP) is 3.06. The molecule has 5 heteroatoms. The van der Waals surface area contributed by atoms with Crippen LogP contribution in [-0.2, 0) is 6.54 Å². The van der Waals surface area contributed by atoms with Crippen LogP contribution in [0.15, 0.2) is 24.4 Å². The minimum atomic E-state index is -0.297. The molecule has 0 fully saturated rings. The number of benzene rings is 1. The lowest BCUT2D eigenvalue weighted by molar-refractivity contribution is 0.399. The molecule has 2 aromatic rings. The van der Waals surface area contributed by atoms with Gasteiger partial charge in [0.15, 0.2) is 5.75 Å². The highest BCUT2D eigenvalue weighted by Gasteiger charge is 2.24. The van der Waals surface area contributed by atoms with E-state index in [1.54, 1.807) is 19.4 Å². The Morgan fingerprint density at radius 2 is 2.19 bits per heavy atom. The highest BCUT2D eigenvalue weighted by atomic mass is 19.1. The van der Waals surface area contributed by atoms with Gasteiger partial charge in [0.1, 0.15) is 11.5 Å². The molecule has 1 aromatic heterocycles. The summed E-state index contributed by atoms with van der Waals surface area (Å²) in [5.41, 5.74) is 2.35. The van der Waals surface area contributed by atoms with Crippen LogP contribution in [0.3, 0.4) is 0 Å². The lowest BCUT2D eigenvalue weighted by Gasteiger charge is -2.20. The molecule has 4 nitrogen and oxygen atoms in total. The molecule has 0 bridgehead atoms. The van der Waals surface area contributed by atoms with E-state index in [-0.39, 0.29) is 11.9 Å². The van der Waals surface area contributed by atoms with Crippen molar-refractivity contribution in [2.24, 2.45) is 0 Å². The molecule has 1 heterocycles. The van der Waals surface area contributed by atoms with Crippen molar-refractivity contribution < 1.29 is 9.13 Å². The summed E-state index contributed by atoms with van der Waals surface area (Å²) in [6, 6.07) is 4.98. The van der Waals surface area contributed by atoms with Gasteiger partial charge in [0.2, 0.25) is 0 Å². The first kappa shape index (κ1) is 15.5. The zero-order valence-electron chi connectivity index (χ0n) is 13.0. The summed E-state index contributed by atoms with van der Waals surface area (Å²) < 4.78 is 21.6. The molecule has 1 aromatic carbocycles. The van der Waals surface area contributed by atoms with Gasteiger partial charge in [0, 0.05) is 12.1 Å². The Kier molecular flexibility index (Phi) is 4.96. The molecule has 0 spiro atoms. The van der Waals surface area contributed by atoms with Crippen molar-refractivity contribution >= 4 is 0 Å². The fraction of sp³-hybridized carbons (Fsp3) is 0.438. The topological polar surface area (TPSA) is 39.1 Å². The Labute approximate surface area is 124 Å². The van der Waals surface area contributed by atoms with Crippen molar-refractivity contribution in [1.82, 2.24) is 15.1 Å². The number of hydrogen-bond donors (Lipinski definition) is 1. The molecule has 1 atom stereocenters. The Morgan fingerprint density at radius 1 is 1.43 bits per heavy atom. The van der Waals surface area contributed by atoms with Crippen LogP contribution >= 0.6 is 0 Å². The van der Waals surface area contributed by atoms with E-state index in [1.165, 1.54) is 0 Å². The zero-order chi connectivity index (χ0) is 15.4. The molecule has 0 saturated heterocycles. The van der Waals surface area contributed by atoms with E-state index in [0.717, 1.165) is 24.2 Å². The number of nitrogens with one attached hydrogen (secondary N) is 1. The molecular formula is C16H22FN3O. The van der Waals surface area contributed by atoms with E-state index in [1.807, 2.05) is 30.8 Å². The van der Waals surface area contributed by atoms with E-state index >= 15 is 0 Å². The van der Waals surface area contributed by atoms with Crippen LogP contribution in [0.5, 0.6) is 5.75 Å². The Balaban J connectivity index is 2.52. The first-order chi connectivity index (χ1) is 10.1. The van der Waals surface area contributed by atoms with E-state index in [9.17, 15) is 4.39 Å². The lowest BCUT2D eigenvalue weighted by Crippen LogP contribution is -2.23. The lowest BCUT2D eigenvalue weighted by atomic mass is 10.0. The van der Waals surface area contributed by atoms with Crippen LogP contribution in [0, 0.1) is 12.7 Å². The molecule has 21 heavy (non-hydrogen) atoms. The Morgan fingerprint density at radius 3 is 2.76 bits per heavy atom. The number of ether oxygens (including phenoxy) is 1. The van der Waals surface area contributed by atoms with E-state index in [4.69, 9.17) is 4.74 Å². The van der Waals surface area contributed by atoms with Crippen molar-refractivity contribution in [3.05, 3.63) is 47.0 Å². The van der Waals surface area contributed by atoms with Crippen LogP contribution in [0.4, 0.5) is 4.39 Å². The van der Waals surface area contributed by atoms with Gasteiger partial charge in [-0.1, -0.05) is 19.1 Å². The van der Waals surface area contributed by atoms with Gasteiger partial charge >= 0.3 is 0 Å². The Hall–Kier alpha value is -1.88. The molecule has 0 aliphatic carbocycles. The van der Waals surface area contributed by atoms with Gasteiger partial charge in [-0.15, -0.1) is 0 Å². The number of aryl methyl sites for hydroxylation is 2. The fourth-order valence-corrected chi connectivity index (χ4v) is 2.52. The maximum absolute atomic E-state index is 14.3. The molecular weight excluding hydrogens is 269 g/mol. The molecule has 0 aliphatic rings. The van der Waals surface area contributed by atoms with Crippen LogP contribution in [0.25, 0.3) is 0 Å². The number of methoxy groups -OCH3 is 1. The van der Waals surface area contributed by atoms with Crippen LogP contribution < -0.4 is 10.1 Å². The van der Waals surface area contributed by atoms with Crippen molar-refractivity contribution in [2.75, 3.05) is 14.2 Å². The summed E-state index contributed by atoms with van der Waals surface area (Å²) >= 11 is 0. The minimum Gasteiger partial charge on any atom is -0.493 e. The van der Waals surface area contributed by atoms with Gasteiger partial charge < -0.3 is 10.1 Å². The van der Waals surface area contributed by atoms with Crippen LogP contribution in [0.1, 0.15) is 36.2 Å². The molecule has 0 radical (unpaired) electrons. The maximum Gasteiger partial charge on any atom is 0.161 e. The fourth-order valence-electron chi connectivity index (χ4n) is 2.52. The third-order valence-electron chi connectivity index (χ3n) is 3.53. The second-order valence-corrected chi connectivity index (χ2v) is 5.07. The maximum atomic E-state index is 14.3. The predicted molar refractivity (Wildman–Crippen MR) is 81.1 cm³/mol. The molecule has 0 saturated carbocycles. The Bertz CT molecular complexity index is 610. The van der Waals surface area contributed by atoms with Gasteiger partial charge in [0.25, 0.3) is 0 Å². The molecule has 2 rings (SSSR count).